The van der Waals surface area contributed by atoms with Crippen LogP contribution in [-0.4, -0.2) is 43.8 Å². The SMILES string of the molecule is O=C(NC1CCCCC1)[C@H](Cc1ccccc1)N(Cc1ccc(F)cc1)C(=O)CN(c1ccccc1)S(=O)(=O)c1ccc(F)cc1. The molecule has 0 radical (unpaired) electrons. The highest BCUT2D eigenvalue weighted by Gasteiger charge is 2.35. The molecule has 1 fully saturated rings. The lowest BCUT2D eigenvalue weighted by Crippen LogP contribution is -2.55. The normalized spacial score (nSPS) is 14.3. The summed E-state index contributed by atoms with van der Waals surface area (Å²) in [5, 5.41) is 3.16. The zero-order valence-electron chi connectivity index (χ0n) is 25.4. The summed E-state index contributed by atoms with van der Waals surface area (Å²) in [6, 6.07) is 26.5. The van der Waals surface area contributed by atoms with Gasteiger partial charge in [0.2, 0.25) is 11.8 Å². The highest BCUT2D eigenvalue weighted by Crippen LogP contribution is 2.26. The van der Waals surface area contributed by atoms with Crippen molar-refractivity contribution >= 4 is 27.5 Å². The Labute approximate surface area is 268 Å². The molecule has 1 aliphatic rings. The number of nitrogens with zero attached hydrogens (tertiary/aromatic N) is 2. The van der Waals surface area contributed by atoms with Crippen molar-refractivity contribution in [2.24, 2.45) is 0 Å². The lowest BCUT2D eigenvalue weighted by atomic mass is 9.94. The second-order valence-electron chi connectivity index (χ2n) is 11.5. The summed E-state index contributed by atoms with van der Waals surface area (Å²) in [4.78, 5) is 29.7. The number of nitrogens with one attached hydrogen (secondary N) is 1. The number of carbonyl (C=O) groups excluding carboxylic acids is 2. The molecule has 5 rings (SSSR count). The van der Waals surface area contributed by atoms with Gasteiger partial charge in [-0.15, -0.1) is 0 Å². The zero-order valence-corrected chi connectivity index (χ0v) is 26.2. The molecule has 0 spiro atoms. The Morgan fingerprint density at radius 3 is 1.91 bits per heavy atom. The van der Waals surface area contributed by atoms with Crippen molar-refractivity contribution in [3.8, 4) is 0 Å². The third-order valence-corrected chi connectivity index (χ3v) is 10.0. The Morgan fingerprint density at radius 2 is 1.30 bits per heavy atom. The maximum absolute atomic E-state index is 14.5. The largest absolute Gasteiger partial charge is 0.352 e. The first-order chi connectivity index (χ1) is 22.2. The number of rotatable bonds is 12. The molecule has 10 heteroatoms. The first-order valence-corrected chi connectivity index (χ1v) is 16.9. The molecule has 0 bridgehead atoms. The van der Waals surface area contributed by atoms with Gasteiger partial charge in [-0.3, -0.25) is 13.9 Å². The van der Waals surface area contributed by atoms with E-state index in [4.69, 9.17) is 0 Å². The molecule has 0 aromatic heterocycles. The van der Waals surface area contributed by atoms with E-state index in [9.17, 15) is 26.8 Å². The van der Waals surface area contributed by atoms with Gasteiger partial charge in [0, 0.05) is 19.0 Å². The molecule has 0 saturated heterocycles. The predicted molar refractivity (Wildman–Crippen MR) is 173 cm³/mol. The Kier molecular flexibility index (Phi) is 10.8. The minimum absolute atomic E-state index is 0.0260. The van der Waals surface area contributed by atoms with Crippen LogP contribution < -0.4 is 9.62 Å². The van der Waals surface area contributed by atoms with Crippen molar-refractivity contribution in [3.05, 3.63) is 132 Å². The first kappa shape index (κ1) is 32.8. The number of para-hydroxylation sites is 1. The molecule has 1 N–H and O–H groups in total. The van der Waals surface area contributed by atoms with Gasteiger partial charge in [0.05, 0.1) is 10.6 Å². The number of hydrogen-bond donors (Lipinski definition) is 1. The first-order valence-electron chi connectivity index (χ1n) is 15.4. The summed E-state index contributed by atoms with van der Waals surface area (Å²) >= 11 is 0. The number of halogens is 2. The minimum Gasteiger partial charge on any atom is -0.352 e. The van der Waals surface area contributed by atoms with Gasteiger partial charge in [-0.05, 0) is 72.5 Å². The van der Waals surface area contributed by atoms with Gasteiger partial charge >= 0.3 is 0 Å². The molecule has 0 heterocycles. The molecule has 2 amide bonds. The van der Waals surface area contributed by atoms with Crippen LogP contribution in [-0.2, 0) is 32.6 Å². The summed E-state index contributed by atoms with van der Waals surface area (Å²) in [5.41, 5.74) is 1.63. The Bertz CT molecular complexity index is 1700. The van der Waals surface area contributed by atoms with Gasteiger partial charge < -0.3 is 10.2 Å². The predicted octanol–water partition coefficient (Wildman–Crippen LogP) is 6.25. The number of benzene rings is 4. The Hall–Kier alpha value is -4.57. The van der Waals surface area contributed by atoms with E-state index in [1.54, 1.807) is 42.5 Å². The number of sulfonamides is 1. The topological polar surface area (TPSA) is 86.8 Å². The van der Waals surface area contributed by atoms with Crippen LogP contribution in [0, 0.1) is 11.6 Å². The van der Waals surface area contributed by atoms with Crippen molar-refractivity contribution < 1.29 is 26.8 Å². The molecule has 1 saturated carbocycles. The molecule has 4 aromatic carbocycles. The van der Waals surface area contributed by atoms with Gasteiger partial charge in [0.1, 0.15) is 24.2 Å². The number of amides is 2. The van der Waals surface area contributed by atoms with Crippen LogP contribution in [0.2, 0.25) is 0 Å². The van der Waals surface area contributed by atoms with Crippen molar-refractivity contribution in [2.45, 2.75) is 62.0 Å². The van der Waals surface area contributed by atoms with E-state index in [0.29, 0.717) is 5.56 Å². The fourth-order valence-corrected chi connectivity index (χ4v) is 7.16. The highest BCUT2D eigenvalue weighted by molar-refractivity contribution is 7.92. The van der Waals surface area contributed by atoms with Crippen LogP contribution in [0.4, 0.5) is 14.5 Å². The lowest BCUT2D eigenvalue weighted by Gasteiger charge is -2.35. The number of carbonyl (C=O) groups is 2. The van der Waals surface area contributed by atoms with Crippen LogP contribution >= 0.6 is 0 Å². The zero-order chi connectivity index (χ0) is 32.5. The monoisotopic (exact) mass is 645 g/mol. The summed E-state index contributed by atoms with van der Waals surface area (Å²) in [5.74, 6) is -2.00. The van der Waals surface area contributed by atoms with Crippen LogP contribution in [0.15, 0.2) is 114 Å². The van der Waals surface area contributed by atoms with Gasteiger partial charge in [0.15, 0.2) is 0 Å². The van der Waals surface area contributed by atoms with Crippen LogP contribution in [0.25, 0.3) is 0 Å². The van der Waals surface area contributed by atoms with Gasteiger partial charge in [-0.25, -0.2) is 17.2 Å². The molecule has 4 aromatic rings. The van der Waals surface area contributed by atoms with E-state index in [2.05, 4.69) is 5.32 Å². The molecule has 0 aliphatic heterocycles. The van der Waals surface area contributed by atoms with E-state index in [0.717, 1.165) is 66.2 Å². The molecular weight excluding hydrogens is 608 g/mol. The number of anilines is 1. The Morgan fingerprint density at radius 1 is 0.739 bits per heavy atom. The lowest BCUT2D eigenvalue weighted by molar-refractivity contribution is -0.140. The second kappa shape index (κ2) is 15.1. The van der Waals surface area contributed by atoms with E-state index in [-0.39, 0.29) is 35.5 Å². The highest BCUT2D eigenvalue weighted by atomic mass is 32.2. The van der Waals surface area contributed by atoms with Crippen molar-refractivity contribution in [1.82, 2.24) is 10.2 Å². The molecule has 46 heavy (non-hydrogen) atoms. The maximum atomic E-state index is 14.5. The van der Waals surface area contributed by atoms with Crippen LogP contribution in [0.5, 0.6) is 0 Å². The summed E-state index contributed by atoms with van der Waals surface area (Å²) < 4.78 is 56.5. The van der Waals surface area contributed by atoms with Gasteiger partial charge in [-0.1, -0.05) is 79.9 Å². The van der Waals surface area contributed by atoms with E-state index in [1.807, 2.05) is 30.3 Å². The molecule has 1 atom stereocenters. The smallest absolute Gasteiger partial charge is 0.264 e. The van der Waals surface area contributed by atoms with Crippen LogP contribution in [0.3, 0.4) is 0 Å². The summed E-state index contributed by atoms with van der Waals surface area (Å²) in [6.07, 6.45) is 4.97. The van der Waals surface area contributed by atoms with E-state index >= 15 is 0 Å². The average molecular weight is 646 g/mol. The van der Waals surface area contributed by atoms with Gasteiger partial charge in [0.25, 0.3) is 10.0 Å². The fraction of sp³-hybridized carbons (Fsp3) is 0.278. The molecule has 0 unspecified atom stereocenters. The van der Waals surface area contributed by atoms with E-state index in [1.165, 1.54) is 17.0 Å². The third kappa shape index (κ3) is 8.37. The van der Waals surface area contributed by atoms with Crippen molar-refractivity contribution in [2.75, 3.05) is 10.8 Å². The van der Waals surface area contributed by atoms with Gasteiger partial charge in [-0.2, -0.15) is 0 Å². The van der Waals surface area contributed by atoms with Crippen LogP contribution in [0.1, 0.15) is 43.2 Å². The average Bonchev–Trinajstić information content (AvgIpc) is 3.07. The summed E-state index contributed by atoms with van der Waals surface area (Å²) in [6.45, 7) is -0.694. The molecule has 1 aliphatic carbocycles. The number of hydrogen-bond acceptors (Lipinski definition) is 4. The van der Waals surface area contributed by atoms with E-state index < -0.39 is 40.2 Å². The fourth-order valence-electron chi connectivity index (χ4n) is 5.74. The quantitative estimate of drug-likeness (QED) is 0.197. The molecule has 7 nitrogen and oxygen atoms in total. The third-order valence-electron chi connectivity index (χ3n) is 8.21. The second-order valence-corrected chi connectivity index (χ2v) is 13.4. The van der Waals surface area contributed by atoms with Crippen molar-refractivity contribution in [3.63, 3.8) is 0 Å². The standard InChI is InChI=1S/C36H37F2N3O4S/c37-29-18-16-28(17-19-29)25-40(34(24-27-10-4-1-5-11-27)36(43)39-31-12-6-2-7-13-31)35(42)26-41(32-14-8-3-9-15-32)46(44,45)33-22-20-30(38)21-23-33/h1,3-5,8-11,14-23,31,34H,2,6-7,12-13,24-26H2,(H,39,43)/t34-/m0/s1. The summed E-state index contributed by atoms with van der Waals surface area (Å²) in [7, 11) is -4.34. The maximum Gasteiger partial charge on any atom is 0.264 e. The van der Waals surface area contributed by atoms with Crippen molar-refractivity contribution in [1.29, 1.82) is 0 Å². The molecule has 240 valence electrons. The minimum atomic E-state index is -4.34. The Balaban J connectivity index is 1.54. The molecular formula is C36H37F2N3O4S.